The molecule has 0 amide bonds. The van der Waals surface area contributed by atoms with E-state index < -0.39 is 0 Å². The molecule has 0 bridgehead atoms. The highest BCUT2D eigenvalue weighted by Crippen LogP contribution is 2.36. The zero-order valence-corrected chi connectivity index (χ0v) is 11.0. The monoisotopic (exact) mass is 273 g/mol. The Bertz CT molecular complexity index is 752. The van der Waals surface area contributed by atoms with Gasteiger partial charge in [-0.15, -0.1) is 0 Å². The first-order valence-corrected chi connectivity index (χ1v) is 6.19. The molecule has 0 aliphatic rings. The summed E-state index contributed by atoms with van der Waals surface area (Å²) < 4.78 is 5.48. The van der Waals surface area contributed by atoms with Crippen LogP contribution in [0, 0.1) is 6.92 Å². The number of nitrogens with one attached hydrogen (secondary N) is 1. The van der Waals surface area contributed by atoms with E-state index in [1.165, 1.54) is 0 Å². The SMILES string of the molecule is Cc1cc2c(Nc3ccccc3Cl)c(N)oc2cn1. The second-order valence-corrected chi connectivity index (χ2v) is 4.68. The number of nitrogens with zero attached hydrogens (tertiary/aromatic N) is 1. The zero-order chi connectivity index (χ0) is 13.4. The Balaban J connectivity index is 2.12. The summed E-state index contributed by atoms with van der Waals surface area (Å²) in [5.74, 6) is 0.322. The number of aromatic nitrogens is 1. The lowest BCUT2D eigenvalue weighted by Crippen LogP contribution is -1.94. The van der Waals surface area contributed by atoms with Gasteiger partial charge >= 0.3 is 0 Å². The lowest BCUT2D eigenvalue weighted by atomic mass is 10.2. The molecule has 0 fully saturated rings. The number of nitrogen functional groups attached to an aromatic ring is 1. The number of benzene rings is 1. The first-order valence-electron chi connectivity index (χ1n) is 5.81. The Kier molecular flexibility index (Phi) is 2.80. The van der Waals surface area contributed by atoms with Gasteiger partial charge in [0.25, 0.3) is 0 Å². The van der Waals surface area contributed by atoms with Crippen LogP contribution < -0.4 is 11.1 Å². The molecule has 0 atom stereocenters. The summed E-state index contributed by atoms with van der Waals surface area (Å²) in [4.78, 5) is 4.18. The molecule has 19 heavy (non-hydrogen) atoms. The quantitative estimate of drug-likeness (QED) is 0.737. The van der Waals surface area contributed by atoms with Gasteiger partial charge in [0.05, 0.1) is 16.9 Å². The minimum absolute atomic E-state index is 0.322. The highest BCUT2D eigenvalue weighted by Gasteiger charge is 2.13. The molecule has 96 valence electrons. The molecule has 3 N–H and O–H groups in total. The Morgan fingerprint density at radius 1 is 1.32 bits per heavy atom. The van der Waals surface area contributed by atoms with Crippen molar-refractivity contribution in [3.05, 3.63) is 47.2 Å². The topological polar surface area (TPSA) is 64.1 Å². The number of hydrogen-bond acceptors (Lipinski definition) is 4. The van der Waals surface area contributed by atoms with Crippen LogP contribution in [0.4, 0.5) is 17.3 Å². The fourth-order valence-electron chi connectivity index (χ4n) is 1.95. The molecule has 0 aliphatic carbocycles. The number of fused-ring (bicyclic) bond motifs is 1. The van der Waals surface area contributed by atoms with Crippen molar-refractivity contribution in [2.75, 3.05) is 11.1 Å². The van der Waals surface area contributed by atoms with Crippen LogP contribution in [0.5, 0.6) is 0 Å². The molecule has 0 aliphatic heterocycles. The number of aryl methyl sites for hydroxylation is 1. The lowest BCUT2D eigenvalue weighted by molar-refractivity contribution is 0.636. The number of nitrogens with two attached hydrogens (primary N) is 1. The molecule has 3 aromatic rings. The van der Waals surface area contributed by atoms with Crippen LogP contribution in [0.3, 0.4) is 0 Å². The van der Waals surface area contributed by atoms with E-state index in [0.29, 0.717) is 22.2 Å². The number of hydrogen-bond donors (Lipinski definition) is 2. The van der Waals surface area contributed by atoms with Crippen molar-refractivity contribution in [2.24, 2.45) is 0 Å². The fraction of sp³-hybridized carbons (Fsp3) is 0.0714. The average molecular weight is 274 g/mol. The van der Waals surface area contributed by atoms with Crippen LogP contribution >= 0.6 is 11.6 Å². The summed E-state index contributed by atoms with van der Waals surface area (Å²) in [5, 5.41) is 4.73. The Morgan fingerprint density at radius 3 is 2.89 bits per heavy atom. The molecule has 3 rings (SSSR count). The fourth-order valence-corrected chi connectivity index (χ4v) is 2.14. The highest BCUT2D eigenvalue weighted by atomic mass is 35.5. The zero-order valence-electron chi connectivity index (χ0n) is 10.3. The van der Waals surface area contributed by atoms with Crippen LogP contribution in [0.1, 0.15) is 5.69 Å². The van der Waals surface area contributed by atoms with Crippen molar-refractivity contribution in [1.29, 1.82) is 0 Å². The van der Waals surface area contributed by atoms with E-state index in [0.717, 1.165) is 16.8 Å². The van der Waals surface area contributed by atoms with Gasteiger partial charge in [-0.05, 0) is 25.1 Å². The average Bonchev–Trinajstić information content (AvgIpc) is 2.69. The third-order valence-corrected chi connectivity index (χ3v) is 3.20. The number of rotatable bonds is 2. The first-order chi connectivity index (χ1) is 9.15. The van der Waals surface area contributed by atoms with Crippen molar-refractivity contribution in [1.82, 2.24) is 4.98 Å². The Morgan fingerprint density at radius 2 is 2.11 bits per heavy atom. The number of anilines is 3. The van der Waals surface area contributed by atoms with Gasteiger partial charge in [0.1, 0.15) is 5.69 Å². The van der Waals surface area contributed by atoms with Gasteiger partial charge in [-0.25, -0.2) is 0 Å². The maximum Gasteiger partial charge on any atom is 0.215 e. The van der Waals surface area contributed by atoms with Gasteiger partial charge in [0.2, 0.25) is 5.88 Å². The molecule has 2 aromatic heterocycles. The number of pyridine rings is 1. The molecular weight excluding hydrogens is 262 g/mol. The minimum atomic E-state index is 0.322. The molecule has 0 saturated carbocycles. The molecular formula is C14H12ClN3O. The van der Waals surface area contributed by atoms with Crippen LogP contribution in [-0.4, -0.2) is 4.98 Å². The summed E-state index contributed by atoms with van der Waals surface area (Å²) >= 11 is 6.13. The van der Waals surface area contributed by atoms with E-state index in [9.17, 15) is 0 Å². The van der Waals surface area contributed by atoms with Gasteiger partial charge in [-0.1, -0.05) is 23.7 Å². The third kappa shape index (κ3) is 2.11. The summed E-state index contributed by atoms with van der Waals surface area (Å²) in [5.41, 5.74) is 8.95. The van der Waals surface area contributed by atoms with E-state index in [1.807, 2.05) is 37.3 Å². The summed E-state index contributed by atoms with van der Waals surface area (Å²) in [6.45, 7) is 1.92. The highest BCUT2D eigenvalue weighted by molar-refractivity contribution is 6.33. The number of furan rings is 1. The standard InChI is InChI=1S/C14H12ClN3O/c1-8-6-9-12(7-17-8)19-14(16)13(9)18-11-5-3-2-4-10(11)15/h2-7,18H,16H2,1H3. The first kappa shape index (κ1) is 11.9. The van der Waals surface area contributed by atoms with Crippen LogP contribution in [0.15, 0.2) is 40.9 Å². The second kappa shape index (κ2) is 4.48. The summed E-state index contributed by atoms with van der Waals surface area (Å²) in [6.07, 6.45) is 1.67. The predicted octanol–water partition coefficient (Wildman–Crippen LogP) is 4.12. The van der Waals surface area contributed by atoms with Crippen LogP contribution in [0.25, 0.3) is 11.0 Å². The van der Waals surface area contributed by atoms with Crippen LogP contribution in [0.2, 0.25) is 5.02 Å². The maximum atomic E-state index is 6.13. The molecule has 0 unspecified atom stereocenters. The number of halogens is 1. The molecule has 0 saturated heterocycles. The van der Waals surface area contributed by atoms with E-state index in [-0.39, 0.29) is 0 Å². The summed E-state index contributed by atoms with van der Waals surface area (Å²) in [6, 6.07) is 9.40. The smallest absolute Gasteiger partial charge is 0.215 e. The van der Waals surface area contributed by atoms with Crippen molar-refractivity contribution >= 4 is 39.8 Å². The van der Waals surface area contributed by atoms with Gasteiger partial charge in [-0.2, -0.15) is 0 Å². The van der Waals surface area contributed by atoms with E-state index in [1.54, 1.807) is 6.20 Å². The van der Waals surface area contributed by atoms with Crippen LogP contribution in [-0.2, 0) is 0 Å². The van der Waals surface area contributed by atoms with Crippen molar-refractivity contribution < 1.29 is 4.42 Å². The second-order valence-electron chi connectivity index (χ2n) is 4.27. The largest absolute Gasteiger partial charge is 0.437 e. The lowest BCUT2D eigenvalue weighted by Gasteiger charge is -2.07. The molecule has 1 aromatic carbocycles. The van der Waals surface area contributed by atoms with Crippen molar-refractivity contribution in [3.63, 3.8) is 0 Å². The molecule has 2 heterocycles. The molecule has 0 spiro atoms. The van der Waals surface area contributed by atoms with E-state index in [2.05, 4.69) is 10.3 Å². The minimum Gasteiger partial charge on any atom is -0.437 e. The Hall–Kier alpha value is -2.20. The van der Waals surface area contributed by atoms with Crippen molar-refractivity contribution in [2.45, 2.75) is 6.92 Å². The van der Waals surface area contributed by atoms with Gasteiger partial charge < -0.3 is 15.5 Å². The maximum absolute atomic E-state index is 6.13. The van der Waals surface area contributed by atoms with Crippen molar-refractivity contribution in [3.8, 4) is 0 Å². The van der Waals surface area contributed by atoms with Gasteiger partial charge in [0.15, 0.2) is 5.58 Å². The normalized spacial score (nSPS) is 10.8. The van der Waals surface area contributed by atoms with E-state index in [4.69, 9.17) is 21.8 Å². The van der Waals surface area contributed by atoms with Gasteiger partial charge in [-0.3, -0.25) is 4.98 Å². The third-order valence-electron chi connectivity index (χ3n) is 2.87. The van der Waals surface area contributed by atoms with E-state index >= 15 is 0 Å². The molecule has 0 radical (unpaired) electrons. The van der Waals surface area contributed by atoms with Gasteiger partial charge in [0, 0.05) is 11.1 Å². The summed E-state index contributed by atoms with van der Waals surface area (Å²) in [7, 11) is 0. The number of para-hydroxylation sites is 1. The molecule has 5 heteroatoms. The predicted molar refractivity (Wildman–Crippen MR) is 77.9 cm³/mol. The molecule has 4 nitrogen and oxygen atoms in total. The Labute approximate surface area is 115 Å².